The quantitative estimate of drug-likeness (QED) is 0.632. The van der Waals surface area contributed by atoms with Gasteiger partial charge in [0.1, 0.15) is 0 Å². The number of carbonyl (C=O) groups excluding carboxylic acids is 2. The first kappa shape index (κ1) is 19.9. The molecule has 1 saturated carbocycles. The minimum Gasteiger partial charge on any atom is -0.377 e. The average Bonchev–Trinajstić information content (AvgIpc) is 3.53. The molecule has 0 spiro atoms. The van der Waals surface area contributed by atoms with E-state index >= 15 is 0 Å². The normalized spacial score (nSPS) is 14.2. The zero-order chi connectivity index (χ0) is 19.9. The van der Waals surface area contributed by atoms with E-state index in [2.05, 4.69) is 16.0 Å². The Bertz CT molecular complexity index is 816. The highest BCUT2D eigenvalue weighted by Crippen LogP contribution is 2.30. The number of hydrogen-bond donors (Lipinski definition) is 3. The molecule has 3 amide bonds. The van der Waals surface area contributed by atoms with Crippen molar-refractivity contribution in [3.63, 3.8) is 0 Å². The molecule has 1 atom stereocenters. The van der Waals surface area contributed by atoms with Gasteiger partial charge >= 0.3 is 6.03 Å². The second-order valence-corrected chi connectivity index (χ2v) is 7.00. The number of ether oxygens (including phenoxy) is 1. The molecule has 1 aliphatic carbocycles. The van der Waals surface area contributed by atoms with Crippen molar-refractivity contribution >= 4 is 23.3 Å². The Morgan fingerprint density at radius 1 is 1.07 bits per heavy atom. The van der Waals surface area contributed by atoms with Crippen molar-refractivity contribution < 1.29 is 14.3 Å². The lowest BCUT2D eigenvalue weighted by molar-refractivity contribution is -0.117. The van der Waals surface area contributed by atoms with Crippen molar-refractivity contribution in [3.05, 3.63) is 59.7 Å². The smallest absolute Gasteiger partial charge is 0.319 e. The lowest BCUT2D eigenvalue weighted by Gasteiger charge is -2.17. The summed E-state index contributed by atoms with van der Waals surface area (Å²) in [6.07, 6.45) is 1.96. The SMILES string of the molecule is CCOCc1ccccc1NC(=O)NC(C)c1ccc(NC(=O)C2CC2)cc1. The number of amides is 3. The average molecular weight is 381 g/mol. The first-order chi connectivity index (χ1) is 13.6. The summed E-state index contributed by atoms with van der Waals surface area (Å²) in [6, 6.07) is 14.7. The zero-order valence-corrected chi connectivity index (χ0v) is 16.3. The van der Waals surface area contributed by atoms with E-state index in [0.29, 0.717) is 13.2 Å². The predicted molar refractivity (Wildman–Crippen MR) is 110 cm³/mol. The Morgan fingerprint density at radius 2 is 1.79 bits per heavy atom. The lowest BCUT2D eigenvalue weighted by Crippen LogP contribution is -2.31. The van der Waals surface area contributed by atoms with E-state index in [1.165, 1.54) is 0 Å². The predicted octanol–water partition coefficient (Wildman–Crippen LogP) is 4.45. The fraction of sp³-hybridized carbons (Fsp3) is 0.364. The van der Waals surface area contributed by atoms with Gasteiger partial charge in [0, 0.05) is 29.5 Å². The van der Waals surface area contributed by atoms with Crippen LogP contribution in [0, 0.1) is 5.92 Å². The Labute approximate surface area is 165 Å². The summed E-state index contributed by atoms with van der Waals surface area (Å²) in [5.74, 6) is 0.263. The number of rotatable bonds is 8. The summed E-state index contributed by atoms with van der Waals surface area (Å²) >= 11 is 0. The Hall–Kier alpha value is -2.86. The molecule has 2 aromatic carbocycles. The second-order valence-electron chi connectivity index (χ2n) is 7.00. The van der Waals surface area contributed by atoms with Gasteiger partial charge < -0.3 is 20.7 Å². The maximum absolute atomic E-state index is 12.4. The monoisotopic (exact) mass is 381 g/mol. The molecule has 2 aromatic rings. The highest BCUT2D eigenvalue weighted by molar-refractivity contribution is 5.94. The fourth-order valence-corrected chi connectivity index (χ4v) is 2.86. The molecule has 3 N–H and O–H groups in total. The summed E-state index contributed by atoms with van der Waals surface area (Å²) in [4.78, 5) is 24.2. The van der Waals surface area contributed by atoms with Crippen LogP contribution in [0.5, 0.6) is 0 Å². The molecule has 0 bridgehead atoms. The maximum atomic E-state index is 12.4. The first-order valence-corrected chi connectivity index (χ1v) is 9.70. The zero-order valence-electron chi connectivity index (χ0n) is 16.3. The lowest BCUT2D eigenvalue weighted by atomic mass is 10.1. The molecule has 1 unspecified atom stereocenters. The van der Waals surface area contributed by atoms with Gasteiger partial charge in [-0.2, -0.15) is 0 Å². The van der Waals surface area contributed by atoms with Gasteiger partial charge in [-0.3, -0.25) is 4.79 Å². The van der Waals surface area contributed by atoms with Gasteiger partial charge in [0.05, 0.1) is 12.6 Å². The van der Waals surface area contributed by atoms with Gasteiger partial charge in [-0.25, -0.2) is 4.79 Å². The molecule has 148 valence electrons. The van der Waals surface area contributed by atoms with Crippen LogP contribution in [-0.4, -0.2) is 18.5 Å². The fourth-order valence-electron chi connectivity index (χ4n) is 2.86. The van der Waals surface area contributed by atoms with E-state index in [1.54, 1.807) is 0 Å². The second kappa shape index (κ2) is 9.37. The van der Waals surface area contributed by atoms with Crippen LogP contribution in [0.4, 0.5) is 16.2 Å². The molecule has 3 rings (SSSR count). The molecule has 6 nitrogen and oxygen atoms in total. The highest BCUT2D eigenvalue weighted by atomic mass is 16.5. The number of benzene rings is 2. The number of nitrogens with one attached hydrogen (secondary N) is 3. The molecule has 28 heavy (non-hydrogen) atoms. The van der Waals surface area contributed by atoms with Gasteiger partial charge in [-0.05, 0) is 50.5 Å². The van der Waals surface area contributed by atoms with Crippen molar-refractivity contribution in [2.45, 2.75) is 39.3 Å². The maximum Gasteiger partial charge on any atom is 0.319 e. The van der Waals surface area contributed by atoms with Gasteiger partial charge in [0.15, 0.2) is 0 Å². The number of hydrogen-bond acceptors (Lipinski definition) is 3. The Kier molecular flexibility index (Phi) is 6.66. The molecule has 0 aliphatic heterocycles. The van der Waals surface area contributed by atoms with Crippen LogP contribution >= 0.6 is 0 Å². The minimum atomic E-state index is -0.275. The van der Waals surface area contributed by atoms with E-state index in [0.717, 1.165) is 35.3 Å². The van der Waals surface area contributed by atoms with Gasteiger partial charge in [-0.15, -0.1) is 0 Å². The number of anilines is 2. The topological polar surface area (TPSA) is 79.5 Å². The number of urea groups is 1. The van der Waals surface area contributed by atoms with Gasteiger partial charge in [0.2, 0.25) is 5.91 Å². The number of para-hydroxylation sites is 1. The van der Waals surface area contributed by atoms with E-state index in [9.17, 15) is 9.59 Å². The van der Waals surface area contributed by atoms with Crippen LogP contribution in [0.15, 0.2) is 48.5 Å². The van der Waals surface area contributed by atoms with Crippen molar-refractivity contribution in [3.8, 4) is 0 Å². The third-order valence-electron chi connectivity index (χ3n) is 4.70. The molecular weight excluding hydrogens is 354 g/mol. The molecule has 1 fully saturated rings. The van der Waals surface area contributed by atoms with E-state index < -0.39 is 0 Å². The minimum absolute atomic E-state index is 0.0871. The van der Waals surface area contributed by atoms with Crippen molar-refractivity contribution in [2.75, 3.05) is 17.2 Å². The van der Waals surface area contributed by atoms with Crippen molar-refractivity contribution in [1.82, 2.24) is 5.32 Å². The van der Waals surface area contributed by atoms with E-state index in [1.807, 2.05) is 62.4 Å². The Morgan fingerprint density at radius 3 is 2.46 bits per heavy atom. The molecule has 6 heteroatoms. The van der Waals surface area contributed by atoms with Crippen LogP contribution in [0.2, 0.25) is 0 Å². The summed E-state index contributed by atoms with van der Waals surface area (Å²) < 4.78 is 5.45. The number of carbonyl (C=O) groups is 2. The first-order valence-electron chi connectivity index (χ1n) is 9.70. The Balaban J connectivity index is 1.54. The van der Waals surface area contributed by atoms with E-state index in [-0.39, 0.29) is 23.9 Å². The van der Waals surface area contributed by atoms with Crippen LogP contribution < -0.4 is 16.0 Å². The van der Waals surface area contributed by atoms with Crippen LogP contribution in [0.3, 0.4) is 0 Å². The highest BCUT2D eigenvalue weighted by Gasteiger charge is 2.29. The third-order valence-corrected chi connectivity index (χ3v) is 4.70. The standard InChI is InChI=1S/C22H27N3O3/c1-3-28-14-18-6-4-5-7-20(18)25-22(27)23-15(2)16-10-12-19(13-11-16)24-21(26)17-8-9-17/h4-7,10-13,15,17H,3,8-9,14H2,1-2H3,(H,24,26)(H2,23,25,27). The largest absolute Gasteiger partial charge is 0.377 e. The van der Waals surface area contributed by atoms with Crippen molar-refractivity contribution in [2.24, 2.45) is 5.92 Å². The summed E-state index contributed by atoms with van der Waals surface area (Å²) in [6.45, 7) is 4.93. The van der Waals surface area contributed by atoms with Crippen LogP contribution in [0.1, 0.15) is 43.9 Å². The third kappa shape index (κ3) is 5.57. The van der Waals surface area contributed by atoms with Gasteiger partial charge in [-0.1, -0.05) is 30.3 Å². The molecule has 1 aliphatic rings. The molecular formula is C22H27N3O3. The van der Waals surface area contributed by atoms with Crippen LogP contribution in [-0.2, 0) is 16.1 Å². The molecule has 0 radical (unpaired) electrons. The molecule has 0 aromatic heterocycles. The summed E-state index contributed by atoms with van der Waals surface area (Å²) in [5, 5.41) is 8.74. The van der Waals surface area contributed by atoms with Crippen LogP contribution in [0.25, 0.3) is 0 Å². The van der Waals surface area contributed by atoms with E-state index in [4.69, 9.17) is 4.74 Å². The summed E-state index contributed by atoms with van der Waals surface area (Å²) in [7, 11) is 0. The molecule has 0 saturated heterocycles. The summed E-state index contributed by atoms with van der Waals surface area (Å²) in [5.41, 5.74) is 3.41. The van der Waals surface area contributed by atoms with Gasteiger partial charge in [0.25, 0.3) is 0 Å². The molecule has 0 heterocycles. The van der Waals surface area contributed by atoms with Crippen molar-refractivity contribution in [1.29, 1.82) is 0 Å².